The Morgan fingerprint density at radius 1 is 0.973 bits per heavy atom. The highest BCUT2D eigenvalue weighted by Gasteiger charge is 2.28. The fourth-order valence-electron chi connectivity index (χ4n) is 3.67. The summed E-state index contributed by atoms with van der Waals surface area (Å²) in [6.45, 7) is 0.300. The van der Waals surface area contributed by atoms with Gasteiger partial charge in [0.05, 0.1) is 45.1 Å². The lowest BCUT2D eigenvalue weighted by Gasteiger charge is -2.27. The largest absolute Gasteiger partial charge is 0.493 e. The third-order valence-electron chi connectivity index (χ3n) is 5.71. The fourth-order valence-corrected chi connectivity index (χ4v) is 5.17. The zero-order chi connectivity index (χ0) is 26.8. The van der Waals surface area contributed by atoms with Crippen molar-refractivity contribution in [2.24, 2.45) is 0 Å². The molecule has 0 unspecified atom stereocenters. The van der Waals surface area contributed by atoms with Crippen molar-refractivity contribution < 1.29 is 31.8 Å². The number of furan rings is 1. The number of carbonyl (C=O) groups is 1. The molecule has 0 bridgehead atoms. The maximum Gasteiger partial charge on any atom is 0.243 e. The number of benzene rings is 2. The number of carbonyl (C=O) groups excluding carboxylic acids is 1. The zero-order valence-corrected chi connectivity index (χ0v) is 22.6. The van der Waals surface area contributed by atoms with E-state index >= 15 is 0 Å². The monoisotopic (exact) mass is 550 g/mol. The zero-order valence-electron chi connectivity index (χ0n) is 21.1. The molecule has 0 spiro atoms. The summed E-state index contributed by atoms with van der Waals surface area (Å²) >= 11 is 5.93. The van der Waals surface area contributed by atoms with Gasteiger partial charge in [0.2, 0.25) is 15.9 Å². The summed E-state index contributed by atoms with van der Waals surface area (Å²) in [6.07, 6.45) is 2.04. The molecule has 3 rings (SSSR count). The van der Waals surface area contributed by atoms with Gasteiger partial charge in [-0.1, -0.05) is 17.7 Å². The van der Waals surface area contributed by atoms with Crippen LogP contribution in [0, 0.1) is 0 Å². The van der Waals surface area contributed by atoms with E-state index in [1.807, 2.05) is 12.1 Å². The lowest BCUT2D eigenvalue weighted by molar-refractivity contribution is -0.132. The Hall–Kier alpha value is -3.05. The standard InChI is InChI=1S/C26H31ClN2O7S/c1-33-16-14-29(37(31,32)23-9-7-21(27)8-10-23)19-26(30)28(18-22-5-4-15-36-22)13-12-20-6-11-24(34-2)25(17-20)35-3/h4-11,15,17H,12-14,16,18-19H2,1-3H3. The summed E-state index contributed by atoms with van der Waals surface area (Å²) in [6, 6.07) is 14.9. The Labute approximate surface area is 222 Å². The highest BCUT2D eigenvalue weighted by molar-refractivity contribution is 7.89. The molecule has 200 valence electrons. The van der Waals surface area contributed by atoms with Gasteiger partial charge in [0.1, 0.15) is 5.76 Å². The number of methoxy groups -OCH3 is 3. The van der Waals surface area contributed by atoms with Gasteiger partial charge in [0.25, 0.3) is 0 Å². The molecule has 0 atom stereocenters. The fraction of sp³-hybridized carbons (Fsp3) is 0.346. The van der Waals surface area contributed by atoms with Gasteiger partial charge in [-0.3, -0.25) is 4.79 Å². The molecule has 1 aromatic heterocycles. The van der Waals surface area contributed by atoms with Crippen LogP contribution in [-0.2, 0) is 32.5 Å². The van der Waals surface area contributed by atoms with Gasteiger partial charge in [-0.25, -0.2) is 8.42 Å². The van der Waals surface area contributed by atoms with Crippen molar-refractivity contribution in [2.75, 3.05) is 47.6 Å². The SMILES string of the molecule is COCCN(CC(=O)N(CCc1ccc(OC)c(OC)c1)Cc1ccco1)S(=O)(=O)c1ccc(Cl)cc1. The minimum Gasteiger partial charge on any atom is -0.493 e. The number of hydrogen-bond donors (Lipinski definition) is 0. The quantitative estimate of drug-likeness (QED) is 0.300. The molecule has 0 saturated heterocycles. The molecule has 0 aliphatic carbocycles. The van der Waals surface area contributed by atoms with Crippen molar-refractivity contribution in [3.05, 3.63) is 77.2 Å². The van der Waals surface area contributed by atoms with Crippen molar-refractivity contribution in [1.82, 2.24) is 9.21 Å². The molecule has 1 heterocycles. The van der Waals surface area contributed by atoms with Gasteiger partial charge in [-0.2, -0.15) is 4.31 Å². The van der Waals surface area contributed by atoms with Crippen LogP contribution in [0.1, 0.15) is 11.3 Å². The number of amides is 1. The maximum absolute atomic E-state index is 13.5. The van der Waals surface area contributed by atoms with Gasteiger partial charge in [0, 0.05) is 25.2 Å². The van der Waals surface area contributed by atoms with E-state index in [0.29, 0.717) is 35.2 Å². The topological polar surface area (TPSA) is 98.5 Å². The smallest absolute Gasteiger partial charge is 0.243 e. The van der Waals surface area contributed by atoms with Crippen LogP contribution in [0.3, 0.4) is 0 Å². The lowest BCUT2D eigenvalue weighted by Crippen LogP contribution is -2.44. The van der Waals surface area contributed by atoms with E-state index in [1.165, 1.54) is 37.6 Å². The first kappa shape index (κ1) is 28.5. The van der Waals surface area contributed by atoms with Crippen molar-refractivity contribution in [3.8, 4) is 11.5 Å². The maximum atomic E-state index is 13.5. The second-order valence-electron chi connectivity index (χ2n) is 8.12. The Bertz CT molecular complexity index is 1250. The molecule has 0 fully saturated rings. The van der Waals surface area contributed by atoms with Crippen LogP contribution in [0.15, 0.2) is 70.2 Å². The minimum atomic E-state index is -3.97. The molecule has 1 amide bonds. The van der Waals surface area contributed by atoms with E-state index in [-0.39, 0.29) is 37.0 Å². The third kappa shape index (κ3) is 7.72. The van der Waals surface area contributed by atoms with Crippen LogP contribution in [0.2, 0.25) is 5.02 Å². The molecule has 11 heteroatoms. The van der Waals surface area contributed by atoms with Crippen molar-refractivity contribution >= 4 is 27.5 Å². The molecule has 3 aromatic rings. The first-order valence-electron chi connectivity index (χ1n) is 11.5. The average molecular weight is 551 g/mol. The van der Waals surface area contributed by atoms with Gasteiger partial charge in [-0.15, -0.1) is 0 Å². The Morgan fingerprint density at radius 3 is 2.32 bits per heavy atom. The molecule has 0 aliphatic heterocycles. The molecule has 0 saturated carbocycles. The summed E-state index contributed by atoms with van der Waals surface area (Å²) < 4.78 is 49.0. The van der Waals surface area contributed by atoms with Crippen LogP contribution in [0.5, 0.6) is 11.5 Å². The Kier molecular flexibility index (Phi) is 10.4. The molecule has 0 aliphatic rings. The summed E-state index contributed by atoms with van der Waals surface area (Å²) in [4.78, 5) is 15.1. The van der Waals surface area contributed by atoms with Gasteiger partial charge >= 0.3 is 0 Å². The molecule has 0 radical (unpaired) electrons. The van der Waals surface area contributed by atoms with Gasteiger partial charge in [-0.05, 0) is 60.5 Å². The van der Waals surface area contributed by atoms with Crippen LogP contribution in [-0.4, -0.2) is 71.1 Å². The van der Waals surface area contributed by atoms with E-state index < -0.39 is 10.0 Å². The van der Waals surface area contributed by atoms with E-state index in [2.05, 4.69) is 0 Å². The van der Waals surface area contributed by atoms with E-state index in [9.17, 15) is 13.2 Å². The second kappa shape index (κ2) is 13.5. The predicted octanol–water partition coefficient (Wildman–Crippen LogP) is 3.86. The Morgan fingerprint density at radius 2 is 1.70 bits per heavy atom. The van der Waals surface area contributed by atoms with E-state index in [0.717, 1.165) is 9.87 Å². The molecular formula is C26H31ClN2O7S. The van der Waals surface area contributed by atoms with Crippen LogP contribution in [0.4, 0.5) is 0 Å². The molecular weight excluding hydrogens is 520 g/mol. The minimum absolute atomic E-state index is 0.0114. The molecule has 0 N–H and O–H groups in total. The summed E-state index contributed by atoms with van der Waals surface area (Å²) in [7, 11) is 0.626. The first-order valence-corrected chi connectivity index (χ1v) is 13.4. The molecule has 9 nitrogen and oxygen atoms in total. The second-order valence-corrected chi connectivity index (χ2v) is 10.5. The lowest BCUT2D eigenvalue weighted by atomic mass is 10.1. The molecule has 37 heavy (non-hydrogen) atoms. The number of halogens is 1. The van der Waals surface area contributed by atoms with Crippen LogP contribution in [0.25, 0.3) is 0 Å². The number of ether oxygens (including phenoxy) is 3. The normalized spacial score (nSPS) is 11.5. The van der Waals surface area contributed by atoms with E-state index in [1.54, 1.807) is 37.3 Å². The first-order chi connectivity index (χ1) is 17.8. The van der Waals surface area contributed by atoms with Crippen LogP contribution >= 0.6 is 11.6 Å². The Balaban J connectivity index is 1.81. The van der Waals surface area contributed by atoms with Crippen molar-refractivity contribution in [2.45, 2.75) is 17.9 Å². The van der Waals surface area contributed by atoms with Gasteiger partial charge < -0.3 is 23.5 Å². The number of nitrogens with zero attached hydrogens (tertiary/aromatic N) is 2. The highest BCUT2D eigenvalue weighted by Crippen LogP contribution is 2.28. The number of rotatable bonds is 14. The van der Waals surface area contributed by atoms with Crippen molar-refractivity contribution in [3.63, 3.8) is 0 Å². The summed E-state index contributed by atoms with van der Waals surface area (Å²) in [5, 5.41) is 0.415. The molecule has 2 aromatic carbocycles. The average Bonchev–Trinajstić information content (AvgIpc) is 3.42. The highest BCUT2D eigenvalue weighted by atomic mass is 35.5. The number of sulfonamides is 1. The summed E-state index contributed by atoms with van der Waals surface area (Å²) in [5.74, 6) is 1.41. The van der Waals surface area contributed by atoms with Crippen LogP contribution < -0.4 is 9.47 Å². The predicted molar refractivity (Wildman–Crippen MR) is 139 cm³/mol. The van der Waals surface area contributed by atoms with Gasteiger partial charge in [0.15, 0.2) is 11.5 Å². The third-order valence-corrected chi connectivity index (χ3v) is 7.82. The van der Waals surface area contributed by atoms with E-state index in [4.69, 9.17) is 30.2 Å². The number of hydrogen-bond acceptors (Lipinski definition) is 7. The summed E-state index contributed by atoms with van der Waals surface area (Å²) in [5.41, 5.74) is 0.930. The van der Waals surface area contributed by atoms with Crippen molar-refractivity contribution in [1.29, 1.82) is 0 Å².